The van der Waals surface area contributed by atoms with Crippen LogP contribution in [0.1, 0.15) is 11.6 Å². The number of benzene rings is 1. The Bertz CT molecular complexity index is 307. The summed E-state index contributed by atoms with van der Waals surface area (Å²) in [6, 6.07) is 1.67. The van der Waals surface area contributed by atoms with Crippen molar-refractivity contribution < 1.29 is 13.2 Å². The number of halogens is 5. The molecule has 0 fully saturated rings. The Morgan fingerprint density at radius 3 is 2.36 bits per heavy atom. The standard InChI is InChI=1S/C8H7ClF3N.ClH/c9-6-2-1-4(10)3-5(6)7(13)8(11)12;/h1-3,7-8H,13H2;1H/t7-;/m1./s1. The fourth-order valence-electron chi connectivity index (χ4n) is 0.906. The van der Waals surface area contributed by atoms with Crippen molar-refractivity contribution in [1.82, 2.24) is 0 Å². The van der Waals surface area contributed by atoms with E-state index in [9.17, 15) is 13.2 Å². The Hall–Kier alpha value is -0.450. The molecule has 0 aromatic heterocycles. The predicted molar refractivity (Wildman–Crippen MR) is 51.6 cm³/mol. The van der Waals surface area contributed by atoms with Gasteiger partial charge >= 0.3 is 0 Å². The molecule has 1 nitrogen and oxygen atoms in total. The highest BCUT2D eigenvalue weighted by Crippen LogP contribution is 2.26. The molecule has 0 radical (unpaired) electrons. The summed E-state index contributed by atoms with van der Waals surface area (Å²) in [5.41, 5.74) is 5.03. The quantitative estimate of drug-likeness (QED) is 0.852. The largest absolute Gasteiger partial charge is 0.319 e. The van der Waals surface area contributed by atoms with Crippen molar-refractivity contribution in [3.63, 3.8) is 0 Å². The molecule has 0 aliphatic rings. The van der Waals surface area contributed by atoms with E-state index in [-0.39, 0.29) is 23.0 Å². The first-order valence-electron chi connectivity index (χ1n) is 3.51. The van der Waals surface area contributed by atoms with E-state index in [2.05, 4.69) is 0 Å². The minimum Gasteiger partial charge on any atom is -0.319 e. The van der Waals surface area contributed by atoms with Crippen LogP contribution in [0.25, 0.3) is 0 Å². The smallest absolute Gasteiger partial charge is 0.257 e. The zero-order valence-corrected chi connectivity index (χ0v) is 8.46. The number of hydrogen-bond acceptors (Lipinski definition) is 1. The molecule has 6 heteroatoms. The fraction of sp³-hybridized carbons (Fsp3) is 0.250. The Labute approximate surface area is 90.5 Å². The topological polar surface area (TPSA) is 26.0 Å². The van der Waals surface area contributed by atoms with Crippen LogP contribution in [0.3, 0.4) is 0 Å². The molecular weight excluding hydrogens is 238 g/mol. The van der Waals surface area contributed by atoms with Gasteiger partial charge in [0.15, 0.2) is 0 Å². The molecule has 80 valence electrons. The highest BCUT2D eigenvalue weighted by atomic mass is 35.5. The molecule has 0 aliphatic carbocycles. The van der Waals surface area contributed by atoms with Crippen molar-refractivity contribution in [2.75, 3.05) is 0 Å². The molecule has 0 bridgehead atoms. The normalized spacial score (nSPS) is 12.4. The zero-order valence-electron chi connectivity index (χ0n) is 6.88. The van der Waals surface area contributed by atoms with Gasteiger partial charge in [-0.3, -0.25) is 0 Å². The molecule has 0 saturated heterocycles. The summed E-state index contributed by atoms with van der Waals surface area (Å²) in [5.74, 6) is -0.629. The Kier molecular flexibility index (Phi) is 5.26. The van der Waals surface area contributed by atoms with Crippen LogP contribution >= 0.6 is 24.0 Å². The van der Waals surface area contributed by atoms with Gasteiger partial charge in [0.1, 0.15) is 5.82 Å². The van der Waals surface area contributed by atoms with Crippen molar-refractivity contribution in [2.45, 2.75) is 12.5 Å². The number of hydrogen-bond donors (Lipinski definition) is 1. The van der Waals surface area contributed by atoms with Crippen LogP contribution in [-0.4, -0.2) is 6.43 Å². The zero-order chi connectivity index (χ0) is 10.0. The number of nitrogens with two attached hydrogens (primary N) is 1. The van der Waals surface area contributed by atoms with Crippen LogP contribution < -0.4 is 5.73 Å². The second kappa shape index (κ2) is 5.44. The second-order valence-electron chi connectivity index (χ2n) is 2.53. The highest BCUT2D eigenvalue weighted by molar-refractivity contribution is 6.31. The first-order valence-corrected chi connectivity index (χ1v) is 3.89. The molecule has 0 unspecified atom stereocenters. The van der Waals surface area contributed by atoms with E-state index in [0.717, 1.165) is 12.1 Å². The van der Waals surface area contributed by atoms with Crippen LogP contribution in [0.5, 0.6) is 0 Å². The molecule has 0 aliphatic heterocycles. The van der Waals surface area contributed by atoms with Gasteiger partial charge in [-0.2, -0.15) is 0 Å². The van der Waals surface area contributed by atoms with Gasteiger partial charge in [0.05, 0.1) is 6.04 Å². The van der Waals surface area contributed by atoms with Crippen molar-refractivity contribution in [3.05, 3.63) is 34.6 Å². The lowest BCUT2D eigenvalue weighted by atomic mass is 10.1. The predicted octanol–water partition coefficient (Wildman–Crippen LogP) is 3.17. The van der Waals surface area contributed by atoms with Gasteiger partial charge in [0, 0.05) is 5.02 Å². The minimum absolute atomic E-state index is 0. The van der Waals surface area contributed by atoms with Gasteiger partial charge in [0.25, 0.3) is 6.43 Å². The summed E-state index contributed by atoms with van der Waals surface area (Å²) in [5, 5.41) is 0.0502. The third-order valence-electron chi connectivity index (χ3n) is 1.59. The fourth-order valence-corrected chi connectivity index (χ4v) is 1.15. The third-order valence-corrected chi connectivity index (χ3v) is 1.93. The van der Waals surface area contributed by atoms with Gasteiger partial charge in [-0.1, -0.05) is 11.6 Å². The molecule has 0 heterocycles. The Balaban J connectivity index is 0.00000169. The molecule has 1 atom stereocenters. The average molecular weight is 246 g/mol. The minimum atomic E-state index is -2.75. The van der Waals surface area contributed by atoms with E-state index < -0.39 is 18.3 Å². The van der Waals surface area contributed by atoms with Crippen LogP contribution in [0.15, 0.2) is 18.2 Å². The third kappa shape index (κ3) is 3.04. The molecule has 14 heavy (non-hydrogen) atoms. The van der Waals surface area contributed by atoms with Crippen molar-refractivity contribution in [1.29, 1.82) is 0 Å². The summed E-state index contributed by atoms with van der Waals surface area (Å²) in [7, 11) is 0. The van der Waals surface area contributed by atoms with Gasteiger partial charge in [-0.25, -0.2) is 13.2 Å². The molecule has 1 rings (SSSR count). The van der Waals surface area contributed by atoms with E-state index >= 15 is 0 Å². The maximum absolute atomic E-state index is 12.6. The van der Waals surface area contributed by atoms with Crippen LogP contribution in [0, 0.1) is 5.82 Å². The maximum Gasteiger partial charge on any atom is 0.257 e. The van der Waals surface area contributed by atoms with E-state index in [1.807, 2.05) is 0 Å². The molecule has 1 aromatic carbocycles. The molecule has 0 amide bonds. The van der Waals surface area contributed by atoms with Crippen molar-refractivity contribution in [3.8, 4) is 0 Å². The summed E-state index contributed by atoms with van der Waals surface area (Å²) in [4.78, 5) is 0. The molecular formula is C8H8Cl2F3N. The van der Waals surface area contributed by atoms with Gasteiger partial charge in [-0.15, -0.1) is 12.4 Å². The van der Waals surface area contributed by atoms with E-state index in [1.165, 1.54) is 6.07 Å². The van der Waals surface area contributed by atoms with Crippen molar-refractivity contribution in [2.24, 2.45) is 5.73 Å². The summed E-state index contributed by atoms with van der Waals surface area (Å²) in [6.07, 6.45) is -2.75. The molecule has 0 spiro atoms. The second-order valence-corrected chi connectivity index (χ2v) is 2.93. The van der Waals surface area contributed by atoms with Crippen LogP contribution in [-0.2, 0) is 0 Å². The van der Waals surface area contributed by atoms with E-state index in [0.29, 0.717) is 0 Å². The van der Waals surface area contributed by atoms with E-state index in [4.69, 9.17) is 17.3 Å². The number of alkyl halides is 2. The lowest BCUT2D eigenvalue weighted by Gasteiger charge is -2.12. The Morgan fingerprint density at radius 2 is 1.86 bits per heavy atom. The summed E-state index contributed by atoms with van der Waals surface area (Å²) in [6.45, 7) is 0. The highest BCUT2D eigenvalue weighted by Gasteiger charge is 2.20. The lowest BCUT2D eigenvalue weighted by Crippen LogP contribution is -2.19. The molecule has 0 saturated carbocycles. The Morgan fingerprint density at radius 1 is 1.29 bits per heavy atom. The van der Waals surface area contributed by atoms with Gasteiger partial charge in [-0.05, 0) is 23.8 Å². The maximum atomic E-state index is 12.6. The van der Waals surface area contributed by atoms with Crippen LogP contribution in [0.4, 0.5) is 13.2 Å². The van der Waals surface area contributed by atoms with Crippen LogP contribution in [0.2, 0.25) is 5.02 Å². The molecule has 2 N–H and O–H groups in total. The monoisotopic (exact) mass is 245 g/mol. The van der Waals surface area contributed by atoms with E-state index in [1.54, 1.807) is 0 Å². The number of rotatable bonds is 2. The first-order chi connectivity index (χ1) is 6.02. The van der Waals surface area contributed by atoms with Gasteiger partial charge < -0.3 is 5.73 Å². The van der Waals surface area contributed by atoms with Crippen molar-refractivity contribution >= 4 is 24.0 Å². The first kappa shape index (κ1) is 13.5. The SMILES string of the molecule is Cl.N[C@H](c1cc(F)ccc1Cl)C(F)F. The molecule has 1 aromatic rings. The summed E-state index contributed by atoms with van der Waals surface area (Å²) >= 11 is 5.56. The lowest BCUT2D eigenvalue weighted by molar-refractivity contribution is 0.116. The van der Waals surface area contributed by atoms with Gasteiger partial charge in [0.2, 0.25) is 0 Å². The average Bonchev–Trinajstić information content (AvgIpc) is 2.08. The summed E-state index contributed by atoms with van der Waals surface area (Å²) < 4.78 is 36.9.